The lowest BCUT2D eigenvalue weighted by atomic mass is 9.92. The van der Waals surface area contributed by atoms with Crippen molar-refractivity contribution in [3.8, 4) is 33.4 Å². The van der Waals surface area contributed by atoms with Gasteiger partial charge in [-0.05, 0) is 79.7 Å². The molecule has 2 aliphatic rings. The van der Waals surface area contributed by atoms with Crippen LogP contribution < -0.4 is 5.32 Å². The van der Waals surface area contributed by atoms with Gasteiger partial charge in [0.25, 0.3) is 0 Å². The summed E-state index contributed by atoms with van der Waals surface area (Å²) in [5.41, 5.74) is 12.9. The van der Waals surface area contributed by atoms with Gasteiger partial charge in [-0.3, -0.25) is 0 Å². The molecule has 1 atom stereocenters. The second kappa shape index (κ2) is 12.7. The van der Waals surface area contributed by atoms with E-state index in [1.54, 1.807) is 0 Å². The highest BCUT2D eigenvalue weighted by atomic mass is 16.3. The Kier molecular flexibility index (Phi) is 7.24. The van der Waals surface area contributed by atoms with Crippen molar-refractivity contribution in [2.75, 3.05) is 0 Å². The van der Waals surface area contributed by atoms with Gasteiger partial charge in [0.2, 0.25) is 0 Å². The number of nitrogens with zero attached hydrogens (tertiary/aromatic N) is 1. The zero-order valence-electron chi connectivity index (χ0n) is 29.9. The zero-order valence-corrected chi connectivity index (χ0v) is 29.9. The van der Waals surface area contributed by atoms with Crippen LogP contribution in [0, 0.1) is 0 Å². The van der Waals surface area contributed by atoms with Crippen LogP contribution in [-0.4, -0.2) is 11.9 Å². The van der Waals surface area contributed by atoms with E-state index < -0.39 is 0 Å². The van der Waals surface area contributed by atoms with Crippen molar-refractivity contribution in [2.24, 2.45) is 4.99 Å². The minimum atomic E-state index is -0.00767. The molecule has 258 valence electrons. The lowest BCUT2D eigenvalue weighted by Crippen LogP contribution is -2.39. The van der Waals surface area contributed by atoms with Crippen LogP contribution in [-0.2, 0) is 0 Å². The molecule has 0 radical (unpaired) electrons. The van der Waals surface area contributed by atoms with Crippen molar-refractivity contribution < 1.29 is 4.42 Å². The van der Waals surface area contributed by atoms with Gasteiger partial charge in [0.1, 0.15) is 17.0 Å². The molecule has 0 amide bonds. The molecule has 1 N–H and O–H groups in total. The maximum Gasteiger partial charge on any atom is 0.143 e. The number of hydrogen-bond donors (Lipinski definition) is 1. The predicted molar refractivity (Wildman–Crippen MR) is 230 cm³/mol. The lowest BCUT2D eigenvalue weighted by molar-refractivity contribution is 0.670. The minimum absolute atomic E-state index is 0.00767. The van der Waals surface area contributed by atoms with Gasteiger partial charge in [-0.2, -0.15) is 0 Å². The molecule has 2 heterocycles. The van der Waals surface area contributed by atoms with Gasteiger partial charge in [-0.25, -0.2) is 4.99 Å². The lowest BCUT2D eigenvalue weighted by Gasteiger charge is -2.28. The molecule has 0 spiro atoms. The summed E-state index contributed by atoms with van der Waals surface area (Å²) in [6, 6.07) is 60.7. The Labute approximate surface area is 318 Å². The number of allylic oxidation sites excluding steroid dienone is 2. The molecule has 55 heavy (non-hydrogen) atoms. The molecule has 11 rings (SSSR count). The van der Waals surface area contributed by atoms with Gasteiger partial charge in [-0.15, -0.1) is 0 Å². The summed E-state index contributed by atoms with van der Waals surface area (Å²) in [5, 5.41) is 10.8. The summed E-state index contributed by atoms with van der Waals surface area (Å²) in [4.78, 5) is 5.41. The summed E-state index contributed by atoms with van der Waals surface area (Å²) in [5.74, 6) is 0.835. The van der Waals surface area contributed by atoms with Crippen molar-refractivity contribution in [3.63, 3.8) is 0 Å². The van der Waals surface area contributed by atoms with Crippen LogP contribution in [0.15, 0.2) is 209 Å². The fourth-order valence-corrected chi connectivity index (χ4v) is 8.21. The molecular formula is C52H34N2O. The van der Waals surface area contributed by atoms with E-state index in [4.69, 9.17) is 9.41 Å². The van der Waals surface area contributed by atoms with Crippen LogP contribution in [0.3, 0.4) is 0 Å². The molecule has 1 aliphatic heterocycles. The van der Waals surface area contributed by atoms with Gasteiger partial charge < -0.3 is 9.73 Å². The Morgan fingerprint density at radius 3 is 1.85 bits per heavy atom. The molecule has 9 aromatic rings. The SMILES string of the molecule is C1=CC2=C(c3ccc(-c4ccccc4)cc3)N=C(c3cc(-c4ccc(-c5ccc6ccccc6c5)cc4)c4oc5cc6ccccc6cc5c4c3)NC2C=C1. The van der Waals surface area contributed by atoms with Crippen LogP contribution in [0.1, 0.15) is 11.1 Å². The summed E-state index contributed by atoms with van der Waals surface area (Å²) >= 11 is 0. The minimum Gasteiger partial charge on any atom is -0.455 e. The van der Waals surface area contributed by atoms with E-state index in [1.165, 1.54) is 38.4 Å². The standard InChI is InChI=1S/C52H34N2O/c1-2-10-33(11-3-1)35-20-25-38(26-21-35)50-44-16-8-9-17-48(44)53-52(54-50)43-30-45(51-47(31-43)46-29-40-14-6-7-15-41(40)32-49(46)55-51)37-23-18-36(19-24-37)42-27-22-34-12-4-5-13-39(34)28-42/h1-32,48H,(H,53,54). The highest BCUT2D eigenvalue weighted by Gasteiger charge is 2.26. The molecule has 0 fully saturated rings. The van der Waals surface area contributed by atoms with E-state index in [2.05, 4.69) is 199 Å². The number of furan rings is 1. The molecule has 8 aromatic carbocycles. The number of benzene rings is 8. The Hall–Kier alpha value is -7.23. The predicted octanol–water partition coefficient (Wildman–Crippen LogP) is 13.1. The highest BCUT2D eigenvalue weighted by Crippen LogP contribution is 2.40. The molecule has 1 unspecified atom stereocenters. The molecule has 0 saturated carbocycles. The molecule has 0 saturated heterocycles. The Morgan fingerprint density at radius 2 is 1.07 bits per heavy atom. The van der Waals surface area contributed by atoms with Gasteiger partial charge >= 0.3 is 0 Å². The number of hydrogen-bond acceptors (Lipinski definition) is 3. The van der Waals surface area contributed by atoms with E-state index in [-0.39, 0.29) is 6.04 Å². The van der Waals surface area contributed by atoms with E-state index in [0.717, 1.165) is 66.7 Å². The number of aliphatic imine (C=N–C) groups is 1. The summed E-state index contributed by atoms with van der Waals surface area (Å²) in [6.07, 6.45) is 8.60. The van der Waals surface area contributed by atoms with Crippen molar-refractivity contribution in [1.29, 1.82) is 0 Å². The van der Waals surface area contributed by atoms with Crippen LogP contribution in [0.5, 0.6) is 0 Å². The van der Waals surface area contributed by atoms with Crippen LogP contribution in [0.25, 0.3) is 82.6 Å². The maximum absolute atomic E-state index is 6.79. The Bertz CT molecular complexity index is 3090. The first-order chi connectivity index (χ1) is 27.2. The molecule has 3 heteroatoms. The number of nitrogens with one attached hydrogen (secondary N) is 1. The third-order valence-electron chi connectivity index (χ3n) is 11.1. The second-order valence-corrected chi connectivity index (χ2v) is 14.4. The zero-order chi connectivity index (χ0) is 36.3. The van der Waals surface area contributed by atoms with Gasteiger partial charge in [0, 0.05) is 33.0 Å². The highest BCUT2D eigenvalue weighted by molar-refractivity contribution is 6.17. The largest absolute Gasteiger partial charge is 0.455 e. The smallest absolute Gasteiger partial charge is 0.143 e. The molecule has 1 aromatic heterocycles. The van der Waals surface area contributed by atoms with Crippen molar-refractivity contribution in [2.45, 2.75) is 6.04 Å². The monoisotopic (exact) mass is 702 g/mol. The number of rotatable bonds is 5. The van der Waals surface area contributed by atoms with Gasteiger partial charge in [0.05, 0.1) is 11.7 Å². The van der Waals surface area contributed by atoms with Crippen molar-refractivity contribution in [3.05, 3.63) is 211 Å². The Morgan fingerprint density at radius 1 is 0.455 bits per heavy atom. The topological polar surface area (TPSA) is 37.5 Å². The van der Waals surface area contributed by atoms with E-state index in [1.807, 2.05) is 0 Å². The van der Waals surface area contributed by atoms with Crippen molar-refractivity contribution >= 4 is 55.0 Å². The Balaban J connectivity index is 1.07. The third-order valence-corrected chi connectivity index (χ3v) is 11.1. The average molecular weight is 703 g/mol. The van der Waals surface area contributed by atoms with E-state index in [0.29, 0.717) is 0 Å². The summed E-state index contributed by atoms with van der Waals surface area (Å²) in [6.45, 7) is 0. The van der Waals surface area contributed by atoms with Crippen molar-refractivity contribution in [1.82, 2.24) is 5.32 Å². The quantitative estimate of drug-likeness (QED) is 0.194. The molecule has 3 nitrogen and oxygen atoms in total. The van der Waals surface area contributed by atoms with Crippen LogP contribution in [0.2, 0.25) is 0 Å². The normalized spacial score (nSPS) is 15.1. The summed E-state index contributed by atoms with van der Waals surface area (Å²) in [7, 11) is 0. The second-order valence-electron chi connectivity index (χ2n) is 14.4. The molecule has 1 aliphatic carbocycles. The average Bonchev–Trinajstić information content (AvgIpc) is 3.62. The fraction of sp³-hybridized carbons (Fsp3) is 0.0192. The first-order valence-corrected chi connectivity index (χ1v) is 18.8. The molecule has 0 bridgehead atoms. The maximum atomic E-state index is 6.79. The fourth-order valence-electron chi connectivity index (χ4n) is 8.21. The van der Waals surface area contributed by atoms with Gasteiger partial charge in [0.15, 0.2) is 0 Å². The number of fused-ring (bicyclic) bond motifs is 6. The third kappa shape index (κ3) is 5.48. The van der Waals surface area contributed by atoms with E-state index in [9.17, 15) is 0 Å². The van der Waals surface area contributed by atoms with E-state index >= 15 is 0 Å². The number of amidine groups is 1. The molecular weight excluding hydrogens is 669 g/mol. The van der Waals surface area contributed by atoms with Crippen LogP contribution in [0.4, 0.5) is 0 Å². The summed E-state index contributed by atoms with van der Waals surface area (Å²) < 4.78 is 6.79. The van der Waals surface area contributed by atoms with Crippen LogP contribution >= 0.6 is 0 Å². The first-order valence-electron chi connectivity index (χ1n) is 18.8. The van der Waals surface area contributed by atoms with Gasteiger partial charge in [-0.1, -0.05) is 164 Å². The first kappa shape index (κ1) is 31.3.